The molecule has 5 rings (SSSR count). The topological polar surface area (TPSA) is 135 Å². The average molecular weight is 548 g/mol. The van der Waals surface area contributed by atoms with Crippen LogP contribution in [0.4, 0.5) is 27.3 Å². The summed E-state index contributed by atoms with van der Waals surface area (Å²) in [6.45, 7) is 1.69. The van der Waals surface area contributed by atoms with Gasteiger partial charge in [-0.25, -0.2) is 22.8 Å². The number of anilines is 4. The van der Waals surface area contributed by atoms with E-state index in [4.69, 9.17) is 5.73 Å². The van der Waals surface area contributed by atoms with E-state index in [1.54, 1.807) is 43.5 Å². The number of aryl methyl sites for hydroxylation is 1. The number of benzene rings is 2. The summed E-state index contributed by atoms with van der Waals surface area (Å²) in [7, 11) is -3.95. The van der Waals surface area contributed by atoms with Crippen molar-refractivity contribution in [2.75, 3.05) is 15.4 Å². The number of nitrogens with zero attached hydrogens (tertiary/aromatic N) is 3. The lowest BCUT2D eigenvalue weighted by Crippen LogP contribution is -2.33. The van der Waals surface area contributed by atoms with Crippen LogP contribution < -0.4 is 21.1 Å². The number of hydrogen-bond donors (Lipinski definition) is 4. The van der Waals surface area contributed by atoms with Gasteiger partial charge in [0.2, 0.25) is 0 Å². The van der Waals surface area contributed by atoms with Crippen molar-refractivity contribution >= 4 is 32.9 Å². The van der Waals surface area contributed by atoms with Gasteiger partial charge in [-0.05, 0) is 74.6 Å². The number of nitrogens with one attached hydrogen (secondary N) is 3. The highest BCUT2D eigenvalue weighted by Gasteiger charge is 2.20. The summed E-state index contributed by atoms with van der Waals surface area (Å²) in [5, 5.41) is 6.64. The van der Waals surface area contributed by atoms with Crippen LogP contribution in [-0.4, -0.2) is 35.5 Å². The van der Waals surface area contributed by atoms with Crippen LogP contribution in [0, 0.1) is 12.7 Å². The first kappa shape index (κ1) is 26.5. The Labute approximate surface area is 227 Å². The molecule has 202 valence electrons. The molecule has 4 aromatic rings. The minimum absolute atomic E-state index is 0.0948. The lowest BCUT2D eigenvalue weighted by molar-refractivity contribution is 0.410. The van der Waals surface area contributed by atoms with Crippen LogP contribution in [0.2, 0.25) is 0 Å². The van der Waals surface area contributed by atoms with E-state index in [0.29, 0.717) is 40.2 Å². The van der Waals surface area contributed by atoms with Crippen LogP contribution in [0.1, 0.15) is 31.2 Å². The molecule has 0 aliphatic heterocycles. The molecule has 5 N–H and O–H groups in total. The van der Waals surface area contributed by atoms with Gasteiger partial charge in [0.15, 0.2) is 0 Å². The largest absolute Gasteiger partial charge is 0.367 e. The maximum Gasteiger partial charge on any atom is 0.262 e. The molecular weight excluding hydrogens is 517 g/mol. The van der Waals surface area contributed by atoms with Crippen molar-refractivity contribution in [3.63, 3.8) is 0 Å². The molecule has 0 amide bonds. The van der Waals surface area contributed by atoms with E-state index in [1.807, 2.05) is 12.1 Å². The number of aromatic nitrogens is 3. The number of halogens is 1. The van der Waals surface area contributed by atoms with Crippen molar-refractivity contribution < 1.29 is 12.8 Å². The van der Waals surface area contributed by atoms with Gasteiger partial charge in [0.25, 0.3) is 10.0 Å². The fourth-order valence-electron chi connectivity index (χ4n) is 4.64. The highest BCUT2D eigenvalue weighted by molar-refractivity contribution is 7.92. The van der Waals surface area contributed by atoms with Crippen LogP contribution in [0.25, 0.3) is 11.4 Å². The highest BCUT2D eigenvalue weighted by atomic mass is 32.2. The molecule has 0 radical (unpaired) electrons. The second kappa shape index (κ2) is 11.3. The van der Waals surface area contributed by atoms with Gasteiger partial charge in [-0.2, -0.15) is 0 Å². The fraction of sp³-hybridized carbons (Fsp3) is 0.250. The van der Waals surface area contributed by atoms with Crippen molar-refractivity contribution in [2.24, 2.45) is 5.73 Å². The standard InChI is InChI=1S/C28H30FN7O2S/c1-18-5-2-3-7-26(18)39(37,38)36-23-13-12-21(15-22(23)29)34-24-6-4-14-31-28(24)25-16-27(33-17-32-25)35-20-10-8-19(30)9-11-20/h2-7,12-17,19-20,34,36H,8-11,30H2,1H3,(H,32,33,35). The molecule has 2 aromatic heterocycles. The molecule has 39 heavy (non-hydrogen) atoms. The molecule has 0 atom stereocenters. The Hall–Kier alpha value is -4.09. The predicted molar refractivity (Wildman–Crippen MR) is 151 cm³/mol. The van der Waals surface area contributed by atoms with Crippen molar-refractivity contribution in [2.45, 2.75) is 49.6 Å². The minimum atomic E-state index is -3.95. The molecule has 0 saturated heterocycles. The lowest BCUT2D eigenvalue weighted by Gasteiger charge is -2.27. The third-order valence-electron chi connectivity index (χ3n) is 6.72. The predicted octanol–water partition coefficient (Wildman–Crippen LogP) is 5.21. The Morgan fingerprint density at radius 2 is 1.72 bits per heavy atom. The Kier molecular flexibility index (Phi) is 7.71. The maximum atomic E-state index is 15.0. The summed E-state index contributed by atoms with van der Waals surface area (Å²) < 4.78 is 42.9. The smallest absolute Gasteiger partial charge is 0.262 e. The third kappa shape index (κ3) is 6.32. The summed E-state index contributed by atoms with van der Waals surface area (Å²) in [6, 6.07) is 16.7. The molecule has 2 aromatic carbocycles. The zero-order valence-electron chi connectivity index (χ0n) is 21.4. The van der Waals surface area contributed by atoms with Gasteiger partial charge in [-0.15, -0.1) is 0 Å². The molecule has 1 aliphatic carbocycles. The zero-order chi connectivity index (χ0) is 27.4. The quantitative estimate of drug-likeness (QED) is 0.236. The molecule has 0 bridgehead atoms. The molecule has 0 unspecified atom stereocenters. The first-order chi connectivity index (χ1) is 18.8. The molecular formula is C28H30FN7O2S. The van der Waals surface area contributed by atoms with E-state index in [2.05, 4.69) is 30.3 Å². The van der Waals surface area contributed by atoms with E-state index in [-0.39, 0.29) is 16.6 Å². The van der Waals surface area contributed by atoms with E-state index in [9.17, 15) is 8.42 Å². The van der Waals surface area contributed by atoms with Gasteiger partial charge < -0.3 is 16.4 Å². The van der Waals surface area contributed by atoms with E-state index in [0.717, 1.165) is 25.7 Å². The van der Waals surface area contributed by atoms with Gasteiger partial charge in [-0.1, -0.05) is 18.2 Å². The molecule has 11 heteroatoms. The molecule has 1 saturated carbocycles. The van der Waals surface area contributed by atoms with Gasteiger partial charge in [0.1, 0.15) is 23.7 Å². The third-order valence-corrected chi connectivity index (χ3v) is 8.24. The van der Waals surface area contributed by atoms with Gasteiger partial charge in [-0.3, -0.25) is 9.71 Å². The number of sulfonamides is 1. The highest BCUT2D eigenvalue weighted by Crippen LogP contribution is 2.30. The SMILES string of the molecule is Cc1ccccc1S(=O)(=O)Nc1ccc(Nc2cccnc2-c2cc(NC3CCC(N)CC3)ncn2)cc1F. The van der Waals surface area contributed by atoms with Crippen LogP contribution in [0.5, 0.6) is 0 Å². The normalized spacial score (nSPS) is 17.4. The van der Waals surface area contributed by atoms with Gasteiger partial charge >= 0.3 is 0 Å². The van der Waals surface area contributed by atoms with Crippen molar-refractivity contribution in [3.05, 3.63) is 84.6 Å². The van der Waals surface area contributed by atoms with E-state index < -0.39 is 15.8 Å². The fourth-order valence-corrected chi connectivity index (χ4v) is 5.95. The van der Waals surface area contributed by atoms with Gasteiger partial charge in [0, 0.05) is 30.0 Å². The van der Waals surface area contributed by atoms with Crippen LogP contribution in [0.15, 0.2) is 78.1 Å². The second-order valence-corrected chi connectivity index (χ2v) is 11.3. The first-order valence-electron chi connectivity index (χ1n) is 12.7. The van der Waals surface area contributed by atoms with E-state index >= 15 is 4.39 Å². The van der Waals surface area contributed by atoms with Crippen LogP contribution >= 0.6 is 0 Å². The number of nitrogens with two attached hydrogens (primary N) is 1. The minimum Gasteiger partial charge on any atom is -0.367 e. The molecule has 9 nitrogen and oxygen atoms in total. The second-order valence-electron chi connectivity index (χ2n) is 9.63. The van der Waals surface area contributed by atoms with Gasteiger partial charge in [0.05, 0.1) is 22.0 Å². The average Bonchev–Trinajstić information content (AvgIpc) is 2.92. The summed E-state index contributed by atoms with van der Waals surface area (Å²) in [4.78, 5) is 13.3. The Morgan fingerprint density at radius 1 is 0.923 bits per heavy atom. The Balaban J connectivity index is 1.33. The van der Waals surface area contributed by atoms with Crippen molar-refractivity contribution in [3.8, 4) is 11.4 Å². The van der Waals surface area contributed by atoms with Crippen molar-refractivity contribution in [1.29, 1.82) is 0 Å². The molecule has 0 spiro atoms. The number of pyridine rings is 1. The van der Waals surface area contributed by atoms with Crippen LogP contribution in [0.3, 0.4) is 0 Å². The molecule has 1 aliphatic rings. The summed E-state index contributed by atoms with van der Waals surface area (Å²) in [5.41, 5.74) is 8.65. The Morgan fingerprint density at radius 3 is 2.49 bits per heavy atom. The molecule has 1 fully saturated rings. The zero-order valence-corrected chi connectivity index (χ0v) is 22.2. The summed E-state index contributed by atoms with van der Waals surface area (Å²) >= 11 is 0. The maximum absolute atomic E-state index is 15.0. The molecule has 2 heterocycles. The number of rotatable bonds is 8. The number of hydrogen-bond acceptors (Lipinski definition) is 8. The first-order valence-corrected chi connectivity index (χ1v) is 14.2. The monoisotopic (exact) mass is 547 g/mol. The summed E-state index contributed by atoms with van der Waals surface area (Å²) in [5.74, 6) is -0.0169. The van der Waals surface area contributed by atoms with Crippen LogP contribution in [-0.2, 0) is 10.0 Å². The summed E-state index contributed by atoms with van der Waals surface area (Å²) in [6.07, 6.45) is 7.07. The lowest BCUT2D eigenvalue weighted by atomic mass is 9.92. The van der Waals surface area contributed by atoms with E-state index in [1.165, 1.54) is 24.5 Å². The Bertz CT molecular complexity index is 1570. The van der Waals surface area contributed by atoms with Crippen molar-refractivity contribution in [1.82, 2.24) is 15.0 Å².